The highest BCUT2D eigenvalue weighted by atomic mass is 79.9. The molecule has 4 heteroatoms. The lowest BCUT2D eigenvalue weighted by atomic mass is 9.89. The summed E-state index contributed by atoms with van der Waals surface area (Å²) in [5.41, 5.74) is 1.22. The smallest absolute Gasteiger partial charge is 0.142 e. The van der Waals surface area contributed by atoms with Crippen LogP contribution >= 0.6 is 27.3 Å². The molecule has 1 saturated carbocycles. The van der Waals surface area contributed by atoms with Gasteiger partial charge in [-0.3, -0.25) is 4.79 Å². The Labute approximate surface area is 122 Å². The summed E-state index contributed by atoms with van der Waals surface area (Å²) in [5, 5.41) is 2.17. The molecule has 1 unspecified atom stereocenters. The van der Waals surface area contributed by atoms with Gasteiger partial charge >= 0.3 is 0 Å². The molecular formula is C14H20BrNOS. The van der Waals surface area contributed by atoms with Crippen LogP contribution in [0.15, 0.2) is 15.2 Å². The van der Waals surface area contributed by atoms with Crippen molar-refractivity contribution in [3.8, 4) is 0 Å². The van der Waals surface area contributed by atoms with Gasteiger partial charge in [0.15, 0.2) is 0 Å². The zero-order valence-electron chi connectivity index (χ0n) is 11.2. The van der Waals surface area contributed by atoms with Gasteiger partial charge in [0.2, 0.25) is 0 Å². The molecule has 0 saturated heterocycles. The predicted molar refractivity (Wildman–Crippen MR) is 79.9 cm³/mol. The van der Waals surface area contributed by atoms with Gasteiger partial charge in [0.1, 0.15) is 5.78 Å². The van der Waals surface area contributed by atoms with Crippen molar-refractivity contribution in [2.45, 2.75) is 33.2 Å². The van der Waals surface area contributed by atoms with Gasteiger partial charge in [0, 0.05) is 24.4 Å². The van der Waals surface area contributed by atoms with Crippen molar-refractivity contribution >= 4 is 33.0 Å². The molecule has 0 aliphatic heterocycles. The number of carbonyl (C=O) groups is 1. The van der Waals surface area contributed by atoms with E-state index in [2.05, 4.69) is 53.2 Å². The van der Waals surface area contributed by atoms with E-state index >= 15 is 0 Å². The van der Waals surface area contributed by atoms with Crippen LogP contribution in [0.1, 0.15) is 32.3 Å². The van der Waals surface area contributed by atoms with E-state index in [0.29, 0.717) is 5.78 Å². The molecule has 100 valence electrons. The number of halogens is 1. The van der Waals surface area contributed by atoms with Crippen molar-refractivity contribution < 1.29 is 4.79 Å². The van der Waals surface area contributed by atoms with Crippen LogP contribution in [-0.4, -0.2) is 24.3 Å². The molecule has 0 bridgehead atoms. The average molecular weight is 330 g/mol. The first-order valence-corrected chi connectivity index (χ1v) is 8.01. The first kappa shape index (κ1) is 14.2. The highest BCUT2D eigenvalue weighted by Crippen LogP contribution is 2.37. The lowest BCUT2D eigenvalue weighted by Gasteiger charge is -2.21. The number of thiophene rings is 1. The Morgan fingerprint density at radius 3 is 2.78 bits per heavy atom. The Balaban J connectivity index is 1.89. The van der Waals surface area contributed by atoms with E-state index in [1.54, 1.807) is 11.3 Å². The Kier molecular flexibility index (Phi) is 4.29. The number of rotatable bonds is 4. The van der Waals surface area contributed by atoms with Crippen molar-refractivity contribution in [1.82, 2.24) is 4.90 Å². The van der Waals surface area contributed by atoms with Crippen molar-refractivity contribution in [3.63, 3.8) is 0 Å². The summed E-state index contributed by atoms with van der Waals surface area (Å²) in [6.07, 6.45) is 2.08. The molecule has 18 heavy (non-hydrogen) atoms. The number of carbonyl (C=O) groups excluding carboxylic acids is 1. The van der Waals surface area contributed by atoms with Crippen LogP contribution in [0.25, 0.3) is 0 Å². The van der Waals surface area contributed by atoms with E-state index in [1.165, 1.54) is 9.35 Å². The van der Waals surface area contributed by atoms with Gasteiger partial charge in [0.05, 0.1) is 3.79 Å². The van der Waals surface area contributed by atoms with Crippen LogP contribution < -0.4 is 0 Å². The molecule has 1 aliphatic carbocycles. The molecular weight excluding hydrogens is 310 g/mol. The van der Waals surface area contributed by atoms with Gasteiger partial charge in [-0.2, -0.15) is 0 Å². The summed E-state index contributed by atoms with van der Waals surface area (Å²) < 4.78 is 1.17. The van der Waals surface area contributed by atoms with E-state index in [9.17, 15) is 4.79 Å². The van der Waals surface area contributed by atoms with Gasteiger partial charge in [-0.25, -0.2) is 0 Å². The third-order valence-electron chi connectivity index (χ3n) is 3.76. The van der Waals surface area contributed by atoms with E-state index in [1.807, 2.05) is 0 Å². The quantitative estimate of drug-likeness (QED) is 0.833. The molecule has 1 aliphatic rings. The molecule has 0 N–H and O–H groups in total. The zero-order valence-corrected chi connectivity index (χ0v) is 13.6. The molecule has 0 amide bonds. The number of ketones is 1. The minimum Gasteiger partial charge on any atom is -0.301 e. The van der Waals surface area contributed by atoms with E-state index in [-0.39, 0.29) is 11.3 Å². The van der Waals surface area contributed by atoms with Gasteiger partial charge in [-0.15, -0.1) is 11.3 Å². The third-order valence-corrected chi connectivity index (χ3v) is 5.32. The second-order valence-electron chi connectivity index (χ2n) is 5.94. The van der Waals surface area contributed by atoms with Gasteiger partial charge in [-0.05, 0) is 52.8 Å². The van der Waals surface area contributed by atoms with Crippen molar-refractivity contribution in [2.24, 2.45) is 11.3 Å². The Hall–Kier alpha value is -0.190. The largest absolute Gasteiger partial charge is 0.301 e. The monoisotopic (exact) mass is 329 g/mol. The molecule has 1 fully saturated rings. The number of hydrogen-bond donors (Lipinski definition) is 0. The minimum absolute atomic E-state index is 0.100. The summed E-state index contributed by atoms with van der Waals surface area (Å²) in [6.45, 7) is 5.96. The van der Waals surface area contributed by atoms with Crippen LogP contribution in [0.2, 0.25) is 0 Å². The molecule has 1 aromatic rings. The number of nitrogens with zero attached hydrogens (tertiary/aromatic N) is 1. The average Bonchev–Trinajstić information content (AvgIpc) is 2.78. The maximum atomic E-state index is 12.2. The summed E-state index contributed by atoms with van der Waals surface area (Å²) in [6, 6.07) is 2.15. The molecule has 2 rings (SSSR count). The molecule has 1 aromatic heterocycles. The van der Waals surface area contributed by atoms with E-state index < -0.39 is 0 Å². The highest BCUT2D eigenvalue weighted by Gasteiger charge is 2.40. The van der Waals surface area contributed by atoms with Crippen LogP contribution in [0.5, 0.6) is 0 Å². The molecule has 0 spiro atoms. The SMILES string of the molecule is CN(Cc1csc(Br)c1)CC1CCC(C)(C)C1=O. The third kappa shape index (κ3) is 3.22. The first-order chi connectivity index (χ1) is 8.38. The van der Waals surface area contributed by atoms with Crippen molar-refractivity contribution in [1.29, 1.82) is 0 Å². The molecule has 2 nitrogen and oxygen atoms in total. The lowest BCUT2D eigenvalue weighted by Crippen LogP contribution is -2.31. The molecule has 0 radical (unpaired) electrons. The predicted octanol–water partition coefficient (Wildman–Crippen LogP) is 3.95. The number of Topliss-reactive ketones (excluding diaryl/α,β-unsaturated/α-hetero) is 1. The maximum Gasteiger partial charge on any atom is 0.142 e. The van der Waals surface area contributed by atoms with Crippen molar-refractivity contribution in [2.75, 3.05) is 13.6 Å². The zero-order chi connectivity index (χ0) is 13.3. The second-order valence-corrected chi connectivity index (χ2v) is 8.23. The summed E-state index contributed by atoms with van der Waals surface area (Å²) in [5.74, 6) is 0.674. The van der Waals surface area contributed by atoms with Crippen molar-refractivity contribution in [3.05, 3.63) is 20.8 Å². The standard InChI is InChI=1S/C14H20BrNOS/c1-14(2)5-4-11(13(14)17)8-16(3)7-10-6-12(15)18-9-10/h6,9,11H,4-5,7-8H2,1-3H3. The Morgan fingerprint density at radius 2 is 2.28 bits per heavy atom. The lowest BCUT2D eigenvalue weighted by molar-refractivity contribution is -0.127. The van der Waals surface area contributed by atoms with Crippen LogP contribution in [0.4, 0.5) is 0 Å². The Bertz CT molecular complexity index is 441. The molecule has 1 heterocycles. The Morgan fingerprint density at radius 1 is 1.56 bits per heavy atom. The molecule has 1 atom stereocenters. The van der Waals surface area contributed by atoms with Crippen LogP contribution in [0.3, 0.4) is 0 Å². The second kappa shape index (κ2) is 5.43. The van der Waals surface area contributed by atoms with Gasteiger partial charge in [0.25, 0.3) is 0 Å². The minimum atomic E-state index is -0.100. The van der Waals surface area contributed by atoms with Gasteiger partial charge < -0.3 is 4.90 Å². The number of hydrogen-bond acceptors (Lipinski definition) is 3. The summed E-state index contributed by atoms with van der Waals surface area (Å²) in [4.78, 5) is 14.4. The highest BCUT2D eigenvalue weighted by molar-refractivity contribution is 9.11. The first-order valence-electron chi connectivity index (χ1n) is 6.34. The molecule has 0 aromatic carbocycles. The normalized spacial score (nSPS) is 22.9. The summed E-state index contributed by atoms with van der Waals surface area (Å²) >= 11 is 5.19. The van der Waals surface area contributed by atoms with E-state index in [0.717, 1.165) is 25.9 Å². The van der Waals surface area contributed by atoms with E-state index in [4.69, 9.17) is 0 Å². The van der Waals surface area contributed by atoms with Gasteiger partial charge in [-0.1, -0.05) is 13.8 Å². The fourth-order valence-corrected chi connectivity index (χ4v) is 3.90. The summed E-state index contributed by atoms with van der Waals surface area (Å²) in [7, 11) is 2.10. The van der Waals surface area contributed by atoms with Crippen LogP contribution in [-0.2, 0) is 11.3 Å². The fraction of sp³-hybridized carbons (Fsp3) is 0.643. The fourth-order valence-electron chi connectivity index (χ4n) is 2.70. The van der Waals surface area contributed by atoms with Crippen LogP contribution in [0, 0.1) is 11.3 Å². The maximum absolute atomic E-state index is 12.2. The topological polar surface area (TPSA) is 20.3 Å².